The number of carbonyl (C=O) groups is 3. The zero-order valence-corrected chi connectivity index (χ0v) is 31.1. The molecule has 2 atom stereocenters. The minimum absolute atomic E-state index is 0.0685. The molecule has 1 aromatic heterocycles. The maximum atomic E-state index is 13.7. The molecule has 0 saturated heterocycles. The summed E-state index contributed by atoms with van der Waals surface area (Å²) in [6, 6.07) is 3.70. The maximum absolute atomic E-state index is 13.7. The summed E-state index contributed by atoms with van der Waals surface area (Å²) in [4.78, 5) is 39.5. The second kappa shape index (κ2) is 24.8. The third kappa shape index (κ3) is 16.0. The summed E-state index contributed by atoms with van der Waals surface area (Å²) in [7, 11) is -2.77. The first-order chi connectivity index (χ1) is 25.5. The van der Waals surface area contributed by atoms with Gasteiger partial charge in [-0.15, -0.1) is 5.10 Å². The molecule has 2 aromatic rings. The van der Waals surface area contributed by atoms with Crippen LogP contribution >= 0.6 is 0 Å². The summed E-state index contributed by atoms with van der Waals surface area (Å²) in [6.07, 6.45) is 3.28. The molecular formula is C31H51N11O10S. The number of nitrogens with one attached hydrogen (secondary N) is 3. The van der Waals surface area contributed by atoms with Gasteiger partial charge in [-0.05, 0) is 61.5 Å². The fourth-order valence-corrected chi connectivity index (χ4v) is 6.59. The van der Waals surface area contributed by atoms with Crippen molar-refractivity contribution in [2.24, 2.45) is 16.8 Å². The molecule has 53 heavy (non-hydrogen) atoms. The summed E-state index contributed by atoms with van der Waals surface area (Å²) in [5, 5.41) is 26.0. The van der Waals surface area contributed by atoms with Crippen molar-refractivity contribution >= 4 is 27.7 Å². The molecule has 0 saturated carbocycles. The van der Waals surface area contributed by atoms with E-state index in [-0.39, 0.29) is 56.0 Å². The van der Waals surface area contributed by atoms with Gasteiger partial charge in [-0.2, -0.15) is 4.31 Å². The van der Waals surface area contributed by atoms with E-state index in [9.17, 15) is 28.0 Å². The number of sulfonamides is 1. The van der Waals surface area contributed by atoms with E-state index < -0.39 is 46.4 Å². The lowest BCUT2D eigenvalue weighted by atomic mass is 10.0. The zero-order valence-electron chi connectivity index (χ0n) is 30.3. The number of hydrogen-bond donors (Lipinski definition) is 5. The number of methoxy groups -OCH3 is 1. The molecule has 0 bridgehead atoms. The number of nitrogens with two attached hydrogens (primary N) is 1. The van der Waals surface area contributed by atoms with Crippen molar-refractivity contribution in [3.05, 3.63) is 46.6 Å². The van der Waals surface area contributed by atoms with Gasteiger partial charge in [0.2, 0.25) is 21.8 Å². The number of azide groups is 1. The number of amides is 3. The molecule has 0 radical (unpaired) electrons. The number of hydrogen-bond acceptors (Lipinski definition) is 14. The average molecular weight is 770 g/mol. The molecule has 0 spiro atoms. The van der Waals surface area contributed by atoms with Crippen LogP contribution in [0, 0.1) is 5.92 Å². The highest BCUT2D eigenvalue weighted by atomic mass is 32.2. The standard InChI is InChI=1S/C31H51N11O10S/c1-23(2)29(31(45)38-46)42(53(47,48)26-9-7-25(49-3)8-10-26)22-24-21-41(40-37-24)13-15-51-17-19-52-18-16-50-14-12-34-30(44)27(6-4-5-11-32)36-28(43)20-35-39-33/h7-10,21,23,27,29,46H,4-6,11-20,22,32H2,1-3H3,(H,34,44)(H,36,43)(H,38,45)/t27-,29+/m0/s1. The lowest BCUT2D eigenvalue weighted by molar-refractivity contribution is -0.134. The Morgan fingerprint density at radius 2 is 1.70 bits per heavy atom. The van der Waals surface area contributed by atoms with Crippen LogP contribution in [0.1, 0.15) is 38.8 Å². The Balaban J connectivity index is 1.73. The zero-order chi connectivity index (χ0) is 39.1. The van der Waals surface area contributed by atoms with Crippen LogP contribution in [-0.2, 0) is 51.7 Å². The predicted octanol–water partition coefficient (Wildman–Crippen LogP) is 0.0977. The minimum Gasteiger partial charge on any atom is -0.497 e. The van der Waals surface area contributed by atoms with Crippen LogP contribution in [0.3, 0.4) is 0 Å². The third-order valence-corrected chi connectivity index (χ3v) is 9.36. The minimum atomic E-state index is -4.23. The fraction of sp³-hybridized carbons (Fsp3) is 0.645. The number of aromatic nitrogens is 3. The molecule has 0 aliphatic heterocycles. The summed E-state index contributed by atoms with van der Waals surface area (Å²) in [6.45, 7) is 5.28. The van der Waals surface area contributed by atoms with Crippen molar-refractivity contribution in [3.8, 4) is 5.75 Å². The summed E-state index contributed by atoms with van der Waals surface area (Å²) in [5.74, 6) is -1.85. The van der Waals surface area contributed by atoms with Gasteiger partial charge in [-0.3, -0.25) is 19.6 Å². The van der Waals surface area contributed by atoms with E-state index in [4.69, 9.17) is 30.2 Å². The Labute approximate surface area is 308 Å². The first-order valence-electron chi connectivity index (χ1n) is 17.0. The van der Waals surface area contributed by atoms with Crippen molar-refractivity contribution in [2.75, 3.05) is 66.4 Å². The van der Waals surface area contributed by atoms with E-state index in [1.165, 1.54) is 36.1 Å². The largest absolute Gasteiger partial charge is 0.497 e. The molecule has 0 fully saturated rings. The topological polar surface area (TPSA) is 287 Å². The molecule has 21 nitrogen and oxygen atoms in total. The van der Waals surface area contributed by atoms with Gasteiger partial charge < -0.3 is 35.3 Å². The molecule has 3 amide bonds. The lowest BCUT2D eigenvalue weighted by Crippen LogP contribution is -2.51. The quantitative estimate of drug-likeness (QED) is 0.0192. The second-order valence-corrected chi connectivity index (χ2v) is 13.7. The van der Waals surface area contributed by atoms with E-state index in [0.717, 1.165) is 4.31 Å². The first kappa shape index (κ1) is 44.7. The van der Waals surface area contributed by atoms with Crippen molar-refractivity contribution in [3.63, 3.8) is 0 Å². The maximum Gasteiger partial charge on any atom is 0.262 e. The van der Waals surface area contributed by atoms with E-state index >= 15 is 0 Å². The van der Waals surface area contributed by atoms with Gasteiger partial charge in [0.25, 0.3) is 5.91 Å². The van der Waals surface area contributed by atoms with Crippen LogP contribution in [0.5, 0.6) is 5.75 Å². The summed E-state index contributed by atoms with van der Waals surface area (Å²) < 4.78 is 51.6. The molecule has 2 rings (SSSR count). The van der Waals surface area contributed by atoms with Gasteiger partial charge in [-0.1, -0.05) is 24.2 Å². The summed E-state index contributed by atoms with van der Waals surface area (Å²) in [5.41, 5.74) is 15.7. The number of nitrogens with zero attached hydrogens (tertiary/aromatic N) is 7. The summed E-state index contributed by atoms with van der Waals surface area (Å²) >= 11 is 0. The van der Waals surface area contributed by atoms with Gasteiger partial charge in [0.15, 0.2) is 0 Å². The number of rotatable bonds is 28. The molecule has 6 N–H and O–H groups in total. The Hall–Kier alpha value is -4.41. The van der Waals surface area contributed by atoms with Gasteiger partial charge in [0.05, 0.1) is 70.4 Å². The second-order valence-electron chi connectivity index (χ2n) is 11.8. The van der Waals surface area contributed by atoms with Crippen LogP contribution in [0.2, 0.25) is 0 Å². The Morgan fingerprint density at radius 1 is 1.04 bits per heavy atom. The van der Waals surface area contributed by atoms with Crippen LogP contribution in [0.25, 0.3) is 10.4 Å². The molecule has 0 aliphatic rings. The number of carbonyl (C=O) groups excluding carboxylic acids is 3. The van der Waals surface area contributed by atoms with Crippen LogP contribution in [0.15, 0.2) is 40.5 Å². The highest BCUT2D eigenvalue weighted by Gasteiger charge is 2.38. The number of unbranched alkanes of at least 4 members (excludes halogenated alkanes) is 1. The Kier molecular flexibility index (Phi) is 20.9. The molecule has 0 unspecified atom stereocenters. The van der Waals surface area contributed by atoms with Crippen molar-refractivity contribution in [1.82, 2.24) is 35.4 Å². The van der Waals surface area contributed by atoms with Gasteiger partial charge in [0.1, 0.15) is 24.4 Å². The van der Waals surface area contributed by atoms with Gasteiger partial charge >= 0.3 is 0 Å². The van der Waals surface area contributed by atoms with E-state index in [1.807, 2.05) is 0 Å². The predicted molar refractivity (Wildman–Crippen MR) is 189 cm³/mol. The average Bonchev–Trinajstić information content (AvgIpc) is 3.60. The highest BCUT2D eigenvalue weighted by molar-refractivity contribution is 7.89. The van der Waals surface area contributed by atoms with Crippen LogP contribution < -0.4 is 26.6 Å². The number of ether oxygens (including phenoxy) is 4. The molecular weight excluding hydrogens is 718 g/mol. The number of hydroxylamine groups is 1. The van der Waals surface area contributed by atoms with Crippen molar-refractivity contribution in [1.29, 1.82) is 0 Å². The highest BCUT2D eigenvalue weighted by Crippen LogP contribution is 2.26. The molecule has 296 valence electrons. The monoisotopic (exact) mass is 769 g/mol. The van der Waals surface area contributed by atoms with E-state index in [1.54, 1.807) is 25.5 Å². The normalized spacial score (nSPS) is 12.6. The molecule has 1 aromatic carbocycles. The molecule has 0 aliphatic carbocycles. The SMILES string of the molecule is COc1ccc(S(=O)(=O)N(Cc2cn(CCOCCOCCOCCNC(=O)[C@H](CCCCN)NC(=O)CN=[N+]=[N-])nn2)[C@@H](C(=O)NO)C(C)C)cc1. The first-order valence-corrected chi connectivity index (χ1v) is 18.4. The van der Waals surface area contributed by atoms with E-state index in [2.05, 4.69) is 31.0 Å². The van der Waals surface area contributed by atoms with Gasteiger partial charge in [0, 0.05) is 17.7 Å². The molecule has 1 heterocycles. The smallest absolute Gasteiger partial charge is 0.262 e. The fourth-order valence-electron chi connectivity index (χ4n) is 4.90. The lowest BCUT2D eigenvalue weighted by Gasteiger charge is -2.31. The Morgan fingerprint density at radius 3 is 2.30 bits per heavy atom. The third-order valence-electron chi connectivity index (χ3n) is 7.52. The van der Waals surface area contributed by atoms with Crippen molar-refractivity contribution in [2.45, 2.75) is 63.2 Å². The molecule has 22 heteroatoms. The van der Waals surface area contributed by atoms with Crippen molar-refractivity contribution < 1.29 is 47.0 Å². The number of benzene rings is 1. The van der Waals surface area contributed by atoms with E-state index in [0.29, 0.717) is 51.3 Å². The van der Waals surface area contributed by atoms with Crippen LogP contribution in [0.4, 0.5) is 0 Å². The Bertz CT molecular complexity index is 1550. The van der Waals surface area contributed by atoms with Gasteiger partial charge in [-0.25, -0.2) is 18.6 Å². The van der Waals surface area contributed by atoms with Crippen LogP contribution in [-0.4, -0.2) is 129 Å².